The first kappa shape index (κ1) is 14.3. The third-order valence-corrected chi connectivity index (χ3v) is 5.59. The minimum Gasteiger partial charge on any atom is -0.504 e. The van der Waals surface area contributed by atoms with Crippen molar-refractivity contribution >= 4 is 11.6 Å². The molecule has 0 heterocycles. The lowest BCUT2D eigenvalue weighted by molar-refractivity contribution is -0.130. The third-order valence-electron chi connectivity index (χ3n) is 5.59. The van der Waals surface area contributed by atoms with Crippen molar-refractivity contribution in [3.8, 4) is 0 Å². The first-order valence-corrected chi connectivity index (χ1v) is 7.61. The van der Waals surface area contributed by atoms with Crippen LogP contribution in [0.15, 0.2) is 34.6 Å². The minimum absolute atomic E-state index is 0.114. The summed E-state index contributed by atoms with van der Waals surface area (Å²) in [6.07, 6.45) is 5.91. The van der Waals surface area contributed by atoms with Crippen LogP contribution in [0.4, 0.5) is 0 Å². The van der Waals surface area contributed by atoms with Gasteiger partial charge in [-0.25, -0.2) is 0 Å². The van der Waals surface area contributed by atoms with Crippen molar-refractivity contribution in [2.24, 2.45) is 16.7 Å². The molecule has 3 aliphatic carbocycles. The molecule has 112 valence electrons. The van der Waals surface area contributed by atoms with Crippen molar-refractivity contribution in [2.45, 2.75) is 47.0 Å². The Morgan fingerprint density at radius 2 is 1.81 bits per heavy atom. The quantitative estimate of drug-likeness (QED) is 0.739. The Balaban J connectivity index is 2.29. The summed E-state index contributed by atoms with van der Waals surface area (Å²) < 4.78 is 0. The lowest BCUT2D eigenvalue weighted by atomic mass is 9.49. The van der Waals surface area contributed by atoms with Gasteiger partial charge < -0.3 is 5.11 Å². The number of ketones is 2. The fraction of sp³-hybridized carbons (Fsp3) is 0.556. The second kappa shape index (κ2) is 4.19. The predicted octanol–water partition coefficient (Wildman–Crippen LogP) is 3.67. The van der Waals surface area contributed by atoms with E-state index in [0.717, 1.165) is 30.4 Å². The van der Waals surface area contributed by atoms with Gasteiger partial charge in [0.2, 0.25) is 5.78 Å². The van der Waals surface area contributed by atoms with E-state index in [2.05, 4.69) is 13.8 Å². The SMILES string of the molecule is CC1=CC(=O)C(O)=C2C1=CC(=O)C1C(C)(C)CCC[C@]21C. The van der Waals surface area contributed by atoms with E-state index in [-0.39, 0.29) is 28.7 Å². The van der Waals surface area contributed by atoms with Crippen molar-refractivity contribution in [3.05, 3.63) is 34.6 Å². The van der Waals surface area contributed by atoms with Crippen LogP contribution in [0.1, 0.15) is 47.0 Å². The zero-order valence-corrected chi connectivity index (χ0v) is 13.1. The summed E-state index contributed by atoms with van der Waals surface area (Å²) in [5.74, 6) is -0.531. The molecular formula is C18H22O3. The minimum atomic E-state index is -0.446. The molecule has 1 unspecified atom stereocenters. The van der Waals surface area contributed by atoms with Crippen LogP contribution in [-0.2, 0) is 9.59 Å². The lowest BCUT2D eigenvalue weighted by Gasteiger charge is -2.53. The molecule has 3 nitrogen and oxygen atoms in total. The zero-order valence-electron chi connectivity index (χ0n) is 13.1. The maximum atomic E-state index is 12.7. The van der Waals surface area contributed by atoms with Crippen LogP contribution < -0.4 is 0 Å². The Morgan fingerprint density at radius 3 is 2.48 bits per heavy atom. The van der Waals surface area contributed by atoms with Gasteiger partial charge in [0, 0.05) is 16.9 Å². The molecule has 1 N–H and O–H groups in total. The topological polar surface area (TPSA) is 54.4 Å². The molecule has 0 spiro atoms. The first-order chi connectivity index (χ1) is 9.68. The van der Waals surface area contributed by atoms with Crippen LogP contribution in [0.2, 0.25) is 0 Å². The average Bonchev–Trinajstić information content (AvgIpc) is 2.34. The third kappa shape index (κ3) is 1.79. The van der Waals surface area contributed by atoms with Gasteiger partial charge in [0.15, 0.2) is 11.5 Å². The molecule has 1 fully saturated rings. The van der Waals surface area contributed by atoms with E-state index in [1.54, 1.807) is 6.08 Å². The Morgan fingerprint density at radius 1 is 1.14 bits per heavy atom. The van der Waals surface area contributed by atoms with Crippen LogP contribution in [0.25, 0.3) is 0 Å². The normalized spacial score (nSPS) is 35.0. The van der Waals surface area contributed by atoms with Gasteiger partial charge in [-0.1, -0.05) is 27.2 Å². The van der Waals surface area contributed by atoms with E-state index in [1.165, 1.54) is 6.08 Å². The van der Waals surface area contributed by atoms with Crippen LogP contribution in [-0.4, -0.2) is 16.7 Å². The average molecular weight is 286 g/mol. The summed E-state index contributed by atoms with van der Waals surface area (Å²) in [7, 11) is 0. The predicted molar refractivity (Wildman–Crippen MR) is 80.7 cm³/mol. The Bertz CT molecular complexity index is 645. The second-order valence-electron chi connectivity index (χ2n) is 7.57. The number of hydrogen-bond acceptors (Lipinski definition) is 3. The summed E-state index contributed by atoms with van der Waals surface area (Å²) in [5.41, 5.74) is 1.68. The molecule has 0 aromatic heterocycles. The molecular weight excluding hydrogens is 264 g/mol. The highest BCUT2D eigenvalue weighted by molar-refractivity contribution is 6.09. The molecule has 1 saturated carbocycles. The largest absolute Gasteiger partial charge is 0.504 e. The Kier molecular flexibility index (Phi) is 2.85. The molecule has 2 atom stereocenters. The van der Waals surface area contributed by atoms with E-state index in [4.69, 9.17) is 0 Å². The molecule has 0 aromatic rings. The van der Waals surface area contributed by atoms with Gasteiger partial charge in [-0.3, -0.25) is 9.59 Å². The maximum Gasteiger partial charge on any atom is 0.220 e. The number of aliphatic hydroxyl groups excluding tert-OH is 1. The van der Waals surface area contributed by atoms with Crippen molar-refractivity contribution in [1.29, 1.82) is 0 Å². The van der Waals surface area contributed by atoms with Gasteiger partial charge in [0.05, 0.1) is 0 Å². The fourth-order valence-electron chi connectivity index (χ4n) is 4.81. The first-order valence-electron chi connectivity index (χ1n) is 7.61. The summed E-state index contributed by atoms with van der Waals surface area (Å²) in [5, 5.41) is 10.4. The number of fused-ring (bicyclic) bond motifs is 3. The lowest BCUT2D eigenvalue weighted by Crippen LogP contribution is -2.50. The number of aliphatic hydroxyl groups is 1. The summed E-state index contributed by atoms with van der Waals surface area (Å²) >= 11 is 0. The van der Waals surface area contributed by atoms with Gasteiger partial charge in [-0.05, 0) is 48.5 Å². The van der Waals surface area contributed by atoms with Gasteiger partial charge >= 0.3 is 0 Å². The van der Waals surface area contributed by atoms with Crippen LogP contribution in [0.5, 0.6) is 0 Å². The van der Waals surface area contributed by atoms with E-state index in [9.17, 15) is 14.7 Å². The van der Waals surface area contributed by atoms with E-state index >= 15 is 0 Å². The van der Waals surface area contributed by atoms with Gasteiger partial charge in [-0.2, -0.15) is 0 Å². The van der Waals surface area contributed by atoms with Gasteiger partial charge in [0.1, 0.15) is 0 Å². The number of carbonyl (C=O) groups excluding carboxylic acids is 2. The van der Waals surface area contributed by atoms with Crippen molar-refractivity contribution in [1.82, 2.24) is 0 Å². The van der Waals surface area contributed by atoms with Crippen molar-refractivity contribution in [3.63, 3.8) is 0 Å². The van der Waals surface area contributed by atoms with Crippen molar-refractivity contribution < 1.29 is 14.7 Å². The summed E-state index contributed by atoms with van der Waals surface area (Å²) in [6, 6.07) is 0. The van der Waals surface area contributed by atoms with E-state index in [1.807, 2.05) is 13.8 Å². The number of allylic oxidation sites excluding steroid dienone is 5. The number of hydrogen-bond donors (Lipinski definition) is 1. The molecule has 0 aromatic carbocycles. The summed E-state index contributed by atoms with van der Waals surface area (Å²) in [6.45, 7) is 8.12. The Labute approximate surface area is 125 Å². The molecule has 3 rings (SSSR count). The number of carbonyl (C=O) groups is 2. The standard InChI is InChI=1S/C18H22O3/c1-10-8-12(19)15(21)14-11(10)9-13(20)16-17(2,3)6-5-7-18(14,16)4/h8-9,16,21H,5-7H2,1-4H3/t16?,18-/m1/s1. The van der Waals surface area contributed by atoms with Gasteiger partial charge in [0.25, 0.3) is 0 Å². The second-order valence-corrected chi connectivity index (χ2v) is 7.57. The molecule has 21 heavy (non-hydrogen) atoms. The molecule has 3 aliphatic rings. The highest BCUT2D eigenvalue weighted by Crippen LogP contribution is 2.60. The van der Waals surface area contributed by atoms with E-state index < -0.39 is 5.41 Å². The van der Waals surface area contributed by atoms with E-state index in [0.29, 0.717) is 5.57 Å². The smallest absolute Gasteiger partial charge is 0.220 e. The van der Waals surface area contributed by atoms with Crippen LogP contribution in [0, 0.1) is 16.7 Å². The van der Waals surface area contributed by atoms with Crippen LogP contribution in [0.3, 0.4) is 0 Å². The highest BCUT2D eigenvalue weighted by Gasteiger charge is 2.56. The molecule has 0 radical (unpaired) electrons. The molecule has 0 saturated heterocycles. The van der Waals surface area contributed by atoms with Gasteiger partial charge in [-0.15, -0.1) is 0 Å². The molecule has 3 heteroatoms. The fourth-order valence-corrected chi connectivity index (χ4v) is 4.81. The highest BCUT2D eigenvalue weighted by atomic mass is 16.3. The molecule has 0 bridgehead atoms. The monoisotopic (exact) mass is 286 g/mol. The number of rotatable bonds is 0. The molecule has 0 amide bonds. The zero-order chi connectivity index (χ0) is 15.6. The van der Waals surface area contributed by atoms with Crippen LogP contribution >= 0.6 is 0 Å². The molecule has 0 aliphatic heterocycles. The van der Waals surface area contributed by atoms with Crippen molar-refractivity contribution in [2.75, 3.05) is 0 Å². The summed E-state index contributed by atoms with van der Waals surface area (Å²) in [4.78, 5) is 24.8. The maximum absolute atomic E-state index is 12.7. The Hall–Kier alpha value is -1.64.